The second kappa shape index (κ2) is 11.7. The smallest absolute Gasteiger partial charge is 0.408 e. The lowest BCUT2D eigenvalue weighted by atomic mass is 10.1. The van der Waals surface area contributed by atoms with Crippen molar-refractivity contribution in [1.82, 2.24) is 5.32 Å². The highest BCUT2D eigenvalue weighted by molar-refractivity contribution is 5.81. The molecule has 4 N–H and O–H groups in total. The molecule has 0 heterocycles. The number of carbonyl (C=O) groups excluding carboxylic acids is 2. The highest BCUT2D eigenvalue weighted by Crippen LogP contribution is 2.13. The van der Waals surface area contributed by atoms with E-state index in [9.17, 15) is 9.59 Å². The number of esters is 1. The van der Waals surface area contributed by atoms with Crippen molar-refractivity contribution in [3.05, 3.63) is 0 Å². The first kappa shape index (κ1) is 25.4. The SMILES string of the molecule is CC(=O)O.CC(C)(C)OC(=O)N[C@@H](CCCCN)C(=O)OC(C)(C)C. The first-order chi connectivity index (χ1) is 11.2. The third-order valence-electron chi connectivity index (χ3n) is 2.33. The molecular formula is C17H34N2O6. The van der Waals surface area contributed by atoms with Crippen LogP contribution in [0.1, 0.15) is 67.7 Å². The van der Waals surface area contributed by atoms with Crippen LogP contribution in [-0.2, 0) is 19.1 Å². The van der Waals surface area contributed by atoms with E-state index in [4.69, 9.17) is 25.1 Å². The molecule has 8 heteroatoms. The minimum absolute atomic E-state index is 0.453. The van der Waals surface area contributed by atoms with Crippen molar-refractivity contribution in [3.8, 4) is 0 Å². The highest BCUT2D eigenvalue weighted by Gasteiger charge is 2.28. The second-order valence-electron chi connectivity index (χ2n) is 7.54. The van der Waals surface area contributed by atoms with E-state index in [1.165, 1.54) is 0 Å². The fourth-order valence-corrected chi connectivity index (χ4v) is 1.56. The molecule has 0 aromatic carbocycles. The van der Waals surface area contributed by atoms with Gasteiger partial charge >= 0.3 is 12.1 Å². The van der Waals surface area contributed by atoms with Crippen molar-refractivity contribution in [2.45, 2.75) is 85.0 Å². The van der Waals surface area contributed by atoms with Crippen LogP contribution in [0.2, 0.25) is 0 Å². The van der Waals surface area contributed by atoms with Crippen molar-refractivity contribution in [2.75, 3.05) is 6.54 Å². The van der Waals surface area contributed by atoms with Gasteiger partial charge in [-0.25, -0.2) is 9.59 Å². The number of alkyl carbamates (subject to hydrolysis) is 1. The third-order valence-corrected chi connectivity index (χ3v) is 2.33. The Morgan fingerprint density at radius 3 is 1.80 bits per heavy atom. The molecule has 0 radical (unpaired) electrons. The van der Waals surface area contributed by atoms with E-state index in [0.717, 1.165) is 19.8 Å². The van der Waals surface area contributed by atoms with Crippen LogP contribution in [0, 0.1) is 0 Å². The summed E-state index contributed by atoms with van der Waals surface area (Å²) in [5.41, 5.74) is 4.24. The number of rotatable bonds is 6. The molecule has 8 nitrogen and oxygen atoms in total. The molecule has 0 fully saturated rings. The average Bonchev–Trinajstić information content (AvgIpc) is 2.32. The van der Waals surface area contributed by atoms with E-state index in [1.54, 1.807) is 41.5 Å². The lowest BCUT2D eigenvalue weighted by molar-refractivity contribution is -0.157. The van der Waals surface area contributed by atoms with E-state index in [2.05, 4.69) is 5.32 Å². The summed E-state index contributed by atoms with van der Waals surface area (Å²) in [7, 11) is 0. The number of aliphatic carboxylic acids is 1. The Balaban J connectivity index is 0. The fraction of sp³-hybridized carbons (Fsp3) is 0.824. The van der Waals surface area contributed by atoms with Crippen LogP contribution in [0.5, 0.6) is 0 Å². The van der Waals surface area contributed by atoms with E-state index >= 15 is 0 Å². The Morgan fingerprint density at radius 2 is 1.44 bits per heavy atom. The number of nitrogens with one attached hydrogen (secondary N) is 1. The lowest BCUT2D eigenvalue weighted by Gasteiger charge is -2.26. The summed E-state index contributed by atoms with van der Waals surface area (Å²) in [6, 6.07) is -0.717. The zero-order valence-corrected chi connectivity index (χ0v) is 16.5. The van der Waals surface area contributed by atoms with Crippen LogP contribution in [0.3, 0.4) is 0 Å². The van der Waals surface area contributed by atoms with Crippen molar-refractivity contribution in [1.29, 1.82) is 0 Å². The van der Waals surface area contributed by atoms with Gasteiger partial charge in [-0.15, -0.1) is 0 Å². The largest absolute Gasteiger partial charge is 0.481 e. The van der Waals surface area contributed by atoms with Gasteiger partial charge in [0.15, 0.2) is 0 Å². The predicted molar refractivity (Wildman–Crippen MR) is 95.2 cm³/mol. The second-order valence-corrected chi connectivity index (χ2v) is 7.54. The summed E-state index contributed by atoms with van der Waals surface area (Å²) in [4.78, 5) is 32.9. The zero-order valence-electron chi connectivity index (χ0n) is 16.5. The molecule has 0 aromatic rings. The van der Waals surface area contributed by atoms with E-state index in [0.29, 0.717) is 13.0 Å². The van der Waals surface area contributed by atoms with Crippen LogP contribution >= 0.6 is 0 Å². The van der Waals surface area contributed by atoms with Gasteiger partial charge in [0.2, 0.25) is 0 Å². The number of nitrogens with two attached hydrogens (primary N) is 1. The van der Waals surface area contributed by atoms with Gasteiger partial charge in [-0.05, 0) is 67.3 Å². The highest BCUT2D eigenvalue weighted by atomic mass is 16.6. The maximum atomic E-state index is 12.1. The molecule has 0 aliphatic carbocycles. The number of hydrogen-bond donors (Lipinski definition) is 3. The van der Waals surface area contributed by atoms with Crippen LogP contribution in [0.25, 0.3) is 0 Å². The molecule has 1 amide bonds. The number of amides is 1. The van der Waals surface area contributed by atoms with Gasteiger partial charge in [0.1, 0.15) is 17.2 Å². The number of hydrogen-bond acceptors (Lipinski definition) is 6. The van der Waals surface area contributed by atoms with Crippen molar-refractivity contribution < 1.29 is 29.0 Å². The summed E-state index contributed by atoms with van der Waals surface area (Å²) in [6.45, 7) is 12.3. The van der Waals surface area contributed by atoms with Gasteiger partial charge in [-0.1, -0.05) is 0 Å². The number of carboxylic acids is 1. The quantitative estimate of drug-likeness (QED) is 0.489. The molecular weight excluding hydrogens is 328 g/mol. The molecule has 0 aliphatic rings. The number of carbonyl (C=O) groups is 3. The predicted octanol–water partition coefficient (Wildman–Crippen LogP) is 2.44. The van der Waals surface area contributed by atoms with Crippen LogP contribution in [0.15, 0.2) is 0 Å². The van der Waals surface area contributed by atoms with Gasteiger partial charge < -0.3 is 25.6 Å². The van der Waals surface area contributed by atoms with Crippen LogP contribution < -0.4 is 11.1 Å². The molecule has 0 saturated heterocycles. The van der Waals surface area contributed by atoms with Crippen molar-refractivity contribution in [3.63, 3.8) is 0 Å². The summed E-state index contributed by atoms with van der Waals surface area (Å²) in [6.07, 6.45) is 1.38. The summed E-state index contributed by atoms with van der Waals surface area (Å²) < 4.78 is 10.5. The first-order valence-electron chi connectivity index (χ1n) is 8.30. The molecule has 0 saturated carbocycles. The normalized spacial score (nSPS) is 12.3. The summed E-state index contributed by atoms with van der Waals surface area (Å²) >= 11 is 0. The summed E-state index contributed by atoms with van der Waals surface area (Å²) in [5, 5.41) is 9.99. The molecule has 0 unspecified atom stereocenters. The molecule has 0 bridgehead atoms. The van der Waals surface area contributed by atoms with Gasteiger partial charge in [0.05, 0.1) is 0 Å². The van der Waals surface area contributed by atoms with Crippen molar-refractivity contribution >= 4 is 18.0 Å². The Kier molecular flexibility index (Phi) is 11.9. The van der Waals surface area contributed by atoms with Crippen LogP contribution in [-0.4, -0.2) is 46.9 Å². The van der Waals surface area contributed by atoms with E-state index in [1.807, 2.05) is 0 Å². The maximum absolute atomic E-state index is 12.1. The van der Waals surface area contributed by atoms with Gasteiger partial charge in [0.25, 0.3) is 5.97 Å². The number of ether oxygens (including phenoxy) is 2. The molecule has 25 heavy (non-hydrogen) atoms. The summed E-state index contributed by atoms with van der Waals surface area (Å²) in [5.74, 6) is -1.29. The minimum atomic E-state index is -0.833. The Labute approximate surface area is 150 Å². The average molecular weight is 362 g/mol. The Bertz CT molecular complexity index is 420. The molecule has 0 rings (SSSR count). The minimum Gasteiger partial charge on any atom is -0.481 e. The lowest BCUT2D eigenvalue weighted by Crippen LogP contribution is -2.46. The number of carboxylic acid groups (broad SMARTS) is 1. The van der Waals surface area contributed by atoms with Gasteiger partial charge in [-0.3, -0.25) is 4.79 Å². The third kappa shape index (κ3) is 20.1. The fourth-order valence-electron chi connectivity index (χ4n) is 1.56. The van der Waals surface area contributed by atoms with E-state index < -0.39 is 35.3 Å². The Morgan fingerprint density at radius 1 is 1.00 bits per heavy atom. The Hall–Kier alpha value is -1.83. The standard InChI is InChI=1S/C15H30N2O4.C2H4O2/c1-14(2,3)20-12(18)11(9-7-8-10-16)17-13(19)21-15(4,5)6;1-2(3)4/h11H,7-10,16H2,1-6H3,(H,17,19);1H3,(H,3,4)/t11-;/m0./s1. The first-order valence-corrected chi connectivity index (χ1v) is 8.30. The zero-order chi connectivity index (χ0) is 20.3. The molecule has 0 aromatic heterocycles. The molecule has 1 atom stereocenters. The maximum Gasteiger partial charge on any atom is 0.408 e. The molecule has 0 aliphatic heterocycles. The monoisotopic (exact) mass is 362 g/mol. The van der Waals surface area contributed by atoms with E-state index in [-0.39, 0.29) is 0 Å². The molecule has 0 spiro atoms. The topological polar surface area (TPSA) is 128 Å². The number of unbranched alkanes of at least 4 members (excludes halogenated alkanes) is 1. The van der Waals surface area contributed by atoms with Gasteiger partial charge in [0, 0.05) is 6.92 Å². The molecule has 148 valence electrons. The van der Waals surface area contributed by atoms with Crippen LogP contribution in [0.4, 0.5) is 4.79 Å². The van der Waals surface area contributed by atoms with Crippen molar-refractivity contribution in [2.24, 2.45) is 5.73 Å². The van der Waals surface area contributed by atoms with Gasteiger partial charge in [-0.2, -0.15) is 0 Å².